The van der Waals surface area contributed by atoms with Gasteiger partial charge in [-0.25, -0.2) is 4.99 Å². The van der Waals surface area contributed by atoms with E-state index in [9.17, 15) is 24.0 Å². The van der Waals surface area contributed by atoms with Crippen molar-refractivity contribution in [1.29, 1.82) is 0 Å². The molecule has 0 heterocycles. The summed E-state index contributed by atoms with van der Waals surface area (Å²) in [5.41, 5.74) is 0.846. The van der Waals surface area contributed by atoms with Crippen LogP contribution in [0.5, 0.6) is 0 Å². The third kappa shape index (κ3) is 39.7. The van der Waals surface area contributed by atoms with Gasteiger partial charge in [0.2, 0.25) is 23.6 Å². The average Bonchev–Trinajstić information content (AvgIpc) is 3.38. The fourth-order valence-electron chi connectivity index (χ4n) is 6.33. The van der Waals surface area contributed by atoms with Crippen molar-refractivity contribution in [3.63, 3.8) is 0 Å². The van der Waals surface area contributed by atoms with Gasteiger partial charge in [0.05, 0.1) is 163 Å². The number of isothiocyanates is 1. The molecule has 0 saturated carbocycles. The highest BCUT2D eigenvalue weighted by atomic mass is 32.1. The summed E-state index contributed by atoms with van der Waals surface area (Å²) in [5.74, 6) is -0.717. The smallest absolute Gasteiger partial charge is 0.242 e. The minimum absolute atomic E-state index is 0.0986. The van der Waals surface area contributed by atoms with Crippen molar-refractivity contribution in [1.82, 2.24) is 21.3 Å². The summed E-state index contributed by atoms with van der Waals surface area (Å²) in [6.07, 6.45) is 2.62. The van der Waals surface area contributed by atoms with Gasteiger partial charge < -0.3 is 73.4 Å². The number of hydrogen-bond acceptors (Lipinski definition) is 18. The lowest BCUT2D eigenvalue weighted by molar-refractivity contribution is -0.129. The Morgan fingerprint density at radius 3 is 1.44 bits per heavy atom. The molecule has 1 atom stereocenters. The summed E-state index contributed by atoms with van der Waals surface area (Å²) in [5, 5.41) is 15.8. The molecular weight excluding hydrogens is 971 g/mol. The molecule has 0 aliphatic carbocycles. The van der Waals surface area contributed by atoms with Crippen LogP contribution in [0.2, 0.25) is 0 Å². The second kappa shape index (κ2) is 47.3. The normalized spacial score (nSPS) is 11.5. The van der Waals surface area contributed by atoms with E-state index in [1.165, 1.54) is 6.92 Å². The molecule has 0 aliphatic heterocycles. The number of aliphatic imine (C=N–C) groups is 1. The molecule has 2 rings (SSSR count). The van der Waals surface area contributed by atoms with Gasteiger partial charge in [0.15, 0.2) is 0 Å². The Bertz CT molecular complexity index is 1810. The van der Waals surface area contributed by atoms with E-state index < -0.39 is 6.04 Å². The van der Waals surface area contributed by atoms with Crippen molar-refractivity contribution < 1.29 is 76.1 Å². The summed E-state index contributed by atoms with van der Waals surface area (Å²) in [6.45, 7) is 11.5. The summed E-state index contributed by atoms with van der Waals surface area (Å²) < 4.78 is 60.0. The van der Waals surface area contributed by atoms with Crippen LogP contribution >= 0.6 is 12.2 Å². The highest BCUT2D eigenvalue weighted by molar-refractivity contribution is 7.78. The molecule has 0 radical (unpaired) electrons. The van der Waals surface area contributed by atoms with Gasteiger partial charge in [-0.1, -0.05) is 42.5 Å². The summed E-state index contributed by atoms with van der Waals surface area (Å²) in [7, 11) is 0. The van der Waals surface area contributed by atoms with Crippen molar-refractivity contribution in [2.24, 2.45) is 4.99 Å². The first-order valence-corrected chi connectivity index (χ1v) is 25.7. The van der Waals surface area contributed by atoms with Crippen LogP contribution in [0.1, 0.15) is 51.0 Å². The quantitative estimate of drug-likeness (QED) is 0.0422. The zero-order valence-corrected chi connectivity index (χ0v) is 43.7. The Morgan fingerprint density at radius 2 is 0.932 bits per heavy atom. The monoisotopic (exact) mass is 1050 g/mol. The predicted octanol–water partition coefficient (Wildman–Crippen LogP) is 2.43. The lowest BCUT2D eigenvalue weighted by atomic mass is 10.0. The fourth-order valence-corrected chi connectivity index (χ4v) is 6.42. The molecule has 21 nitrogen and oxygen atoms in total. The van der Waals surface area contributed by atoms with Gasteiger partial charge in [-0.3, -0.25) is 24.0 Å². The molecule has 0 saturated heterocycles. The highest BCUT2D eigenvalue weighted by Crippen LogP contribution is 2.16. The van der Waals surface area contributed by atoms with Crippen LogP contribution in [0.15, 0.2) is 47.5 Å². The maximum atomic E-state index is 13.3. The number of carbonyl (C=O) groups is 5. The second-order valence-electron chi connectivity index (χ2n) is 16.1. The topological polar surface area (TPSA) is 247 Å². The van der Waals surface area contributed by atoms with Crippen molar-refractivity contribution in [2.75, 3.05) is 172 Å². The number of carbonyl (C=O) groups excluding carboxylic acids is 5. The molecule has 1 unspecified atom stereocenters. The van der Waals surface area contributed by atoms with Crippen LogP contribution in [-0.2, 0) is 82.5 Å². The predicted molar refractivity (Wildman–Crippen MR) is 276 cm³/mol. The Morgan fingerprint density at radius 1 is 0.493 bits per heavy atom. The maximum Gasteiger partial charge on any atom is 0.242 e. The first-order chi connectivity index (χ1) is 35.8. The number of nitrogens with zero attached hydrogens (tertiary/aromatic N) is 1. The SMILES string of the molecule is CC(=O)CCOCCOCCOCCNC(=O)CCOCCOCCOCCOCCOCCOCCNC(=O)C(CCCCNC(=O)CCOCCOCCN=C=S)NC(=O)Cc1ccc2ccccc2c1. The van der Waals surface area contributed by atoms with Gasteiger partial charge in [-0.2, -0.15) is 0 Å². The zero-order chi connectivity index (χ0) is 52.5. The third-order valence-corrected chi connectivity index (χ3v) is 10.2. The third-order valence-electron chi connectivity index (χ3n) is 10.1. The number of rotatable bonds is 51. The number of hydrogen-bond donors (Lipinski definition) is 4. The van der Waals surface area contributed by atoms with E-state index in [1.54, 1.807) is 0 Å². The minimum Gasteiger partial charge on any atom is -0.379 e. The number of benzene rings is 2. The molecule has 73 heavy (non-hydrogen) atoms. The molecule has 0 aliphatic rings. The van der Waals surface area contributed by atoms with Gasteiger partial charge in [0.1, 0.15) is 11.8 Å². The fraction of sp³-hybridized carbons (Fsp3) is 0.686. The van der Waals surface area contributed by atoms with Crippen molar-refractivity contribution in [3.05, 3.63) is 48.0 Å². The van der Waals surface area contributed by atoms with E-state index >= 15 is 0 Å². The van der Waals surface area contributed by atoms with Crippen LogP contribution in [0.25, 0.3) is 10.8 Å². The van der Waals surface area contributed by atoms with Crippen molar-refractivity contribution in [3.8, 4) is 0 Å². The van der Waals surface area contributed by atoms with Crippen molar-refractivity contribution >= 4 is 57.6 Å². The standard InChI is InChI=1S/C51H81N5O16S/c1-43(57)11-18-62-25-30-68-32-28-66-22-16-54-49(59)13-20-64-26-31-69-34-36-71-38-39-72-37-35-70-33-29-67-23-17-55-51(61)47(56-50(60)41-44-9-10-45-6-2-3-7-46(45)40-44)8-4-5-14-53-48(58)12-19-63-24-27-65-21-15-52-42-73/h2-3,6-7,9-10,40,47H,4-5,8,11-39,41H2,1H3,(H,53,58)(H,54,59)(H,55,61)(H,56,60). The van der Waals surface area contributed by atoms with Gasteiger partial charge in [0.25, 0.3) is 0 Å². The zero-order valence-electron chi connectivity index (χ0n) is 42.8. The molecule has 22 heteroatoms. The molecule has 0 bridgehead atoms. The number of fused-ring (bicyclic) bond motifs is 1. The molecule has 4 amide bonds. The Kier molecular flexibility index (Phi) is 42.0. The second-order valence-corrected chi connectivity index (χ2v) is 16.3. The number of amides is 4. The largest absolute Gasteiger partial charge is 0.379 e. The van der Waals surface area contributed by atoms with E-state index in [2.05, 4.69) is 43.6 Å². The summed E-state index contributed by atoms with van der Waals surface area (Å²) in [6, 6.07) is 13.0. The van der Waals surface area contributed by atoms with Crippen LogP contribution < -0.4 is 21.3 Å². The van der Waals surface area contributed by atoms with Crippen LogP contribution in [0.4, 0.5) is 0 Å². The van der Waals surface area contributed by atoms with E-state index in [-0.39, 0.29) is 68.4 Å². The number of thiocarbonyl (C=S) groups is 1. The van der Waals surface area contributed by atoms with E-state index in [0.717, 1.165) is 16.3 Å². The molecular formula is C51H81N5O16S. The van der Waals surface area contributed by atoms with E-state index in [1.807, 2.05) is 42.5 Å². The van der Waals surface area contributed by atoms with Gasteiger partial charge in [0, 0.05) is 38.9 Å². The van der Waals surface area contributed by atoms with Crippen LogP contribution in [-0.4, -0.2) is 212 Å². The average molecular weight is 1050 g/mol. The molecule has 2 aromatic rings. The molecule has 0 fully saturated rings. The van der Waals surface area contributed by atoms with E-state index in [4.69, 9.17) is 52.1 Å². The number of ether oxygens (including phenoxy) is 11. The Labute approximate surface area is 436 Å². The number of Topliss-reactive ketones (excluding diaryl/α,β-unsaturated/α-hetero) is 1. The van der Waals surface area contributed by atoms with Gasteiger partial charge in [-0.15, -0.1) is 0 Å². The van der Waals surface area contributed by atoms with E-state index in [0.29, 0.717) is 177 Å². The van der Waals surface area contributed by atoms with Crippen molar-refractivity contribution in [2.45, 2.75) is 57.9 Å². The van der Waals surface area contributed by atoms with Crippen LogP contribution in [0, 0.1) is 0 Å². The number of unbranched alkanes of at least 4 members (excludes halogenated alkanes) is 1. The summed E-state index contributed by atoms with van der Waals surface area (Å²) in [4.78, 5) is 65.2. The lowest BCUT2D eigenvalue weighted by Gasteiger charge is -2.19. The summed E-state index contributed by atoms with van der Waals surface area (Å²) >= 11 is 4.51. The molecule has 412 valence electrons. The Balaban J connectivity index is 1.44. The number of nitrogens with one attached hydrogen (secondary N) is 4. The first-order valence-electron chi connectivity index (χ1n) is 25.2. The first kappa shape index (κ1) is 64.7. The van der Waals surface area contributed by atoms with Gasteiger partial charge in [-0.05, 0) is 54.7 Å². The molecule has 2 aromatic carbocycles. The highest BCUT2D eigenvalue weighted by Gasteiger charge is 2.20. The maximum absolute atomic E-state index is 13.3. The molecule has 0 aromatic heterocycles. The number of ketones is 1. The molecule has 4 N–H and O–H groups in total. The Hall–Kier alpha value is -4.39. The van der Waals surface area contributed by atoms with Gasteiger partial charge >= 0.3 is 0 Å². The lowest BCUT2D eigenvalue weighted by Crippen LogP contribution is -2.48. The van der Waals surface area contributed by atoms with Crippen LogP contribution in [0.3, 0.4) is 0 Å². The minimum atomic E-state index is -0.757. The molecule has 0 spiro atoms.